The van der Waals surface area contributed by atoms with Crippen LogP contribution < -0.4 is 0 Å². The van der Waals surface area contributed by atoms with Crippen LogP contribution in [0.4, 0.5) is 0 Å². The number of benzene rings is 1. The number of carbonyl (C=O) groups is 1. The van der Waals surface area contributed by atoms with Crippen LogP contribution in [0.15, 0.2) is 18.2 Å². The topological polar surface area (TPSA) is 17.1 Å². The van der Waals surface area contributed by atoms with Gasteiger partial charge < -0.3 is 0 Å². The Balaban J connectivity index is 2.29. The summed E-state index contributed by atoms with van der Waals surface area (Å²) in [6.07, 6.45) is 2.04. The zero-order chi connectivity index (χ0) is 11.0. The van der Waals surface area contributed by atoms with Crippen molar-refractivity contribution in [3.05, 3.63) is 34.9 Å². The molecule has 1 atom stereocenters. The zero-order valence-corrected chi connectivity index (χ0v) is 9.71. The van der Waals surface area contributed by atoms with Gasteiger partial charge in [-0.3, -0.25) is 4.79 Å². The molecule has 0 N–H and O–H groups in total. The summed E-state index contributed by atoms with van der Waals surface area (Å²) in [6, 6.07) is 6.34. The number of hydrogen-bond donors (Lipinski definition) is 0. The highest BCUT2D eigenvalue weighted by molar-refractivity contribution is 6.02. The van der Waals surface area contributed by atoms with E-state index in [1.807, 2.05) is 13.0 Å². The van der Waals surface area contributed by atoms with Crippen LogP contribution in [-0.4, -0.2) is 5.78 Å². The maximum absolute atomic E-state index is 11.7. The van der Waals surface area contributed by atoms with Gasteiger partial charge >= 0.3 is 0 Å². The van der Waals surface area contributed by atoms with Crippen molar-refractivity contribution in [1.29, 1.82) is 0 Å². The SMILES string of the molecule is CC(C)Cc1ccc2c(c1)CC(C)C2=O. The fourth-order valence-corrected chi connectivity index (χ4v) is 2.34. The van der Waals surface area contributed by atoms with Crippen molar-refractivity contribution in [3.8, 4) is 0 Å². The molecule has 0 saturated heterocycles. The van der Waals surface area contributed by atoms with Crippen LogP contribution in [0.25, 0.3) is 0 Å². The van der Waals surface area contributed by atoms with Crippen molar-refractivity contribution >= 4 is 5.78 Å². The van der Waals surface area contributed by atoms with Crippen molar-refractivity contribution in [1.82, 2.24) is 0 Å². The molecule has 0 heterocycles. The maximum Gasteiger partial charge on any atom is 0.166 e. The van der Waals surface area contributed by atoms with Crippen molar-refractivity contribution in [3.63, 3.8) is 0 Å². The molecule has 0 radical (unpaired) electrons. The third-order valence-corrected chi connectivity index (χ3v) is 3.05. The molecule has 1 aromatic carbocycles. The van der Waals surface area contributed by atoms with Crippen molar-refractivity contribution in [2.45, 2.75) is 33.6 Å². The Bertz CT molecular complexity index is 390. The van der Waals surface area contributed by atoms with Crippen LogP contribution in [0, 0.1) is 11.8 Å². The summed E-state index contributed by atoms with van der Waals surface area (Å²) in [6.45, 7) is 6.46. The van der Waals surface area contributed by atoms with Gasteiger partial charge in [-0.2, -0.15) is 0 Å². The first kappa shape index (κ1) is 10.4. The van der Waals surface area contributed by atoms with E-state index in [-0.39, 0.29) is 5.92 Å². The maximum atomic E-state index is 11.7. The molecule has 1 aliphatic rings. The molecule has 2 rings (SSSR count). The normalized spacial score (nSPS) is 19.7. The number of hydrogen-bond acceptors (Lipinski definition) is 1. The Kier molecular flexibility index (Phi) is 2.64. The minimum Gasteiger partial charge on any atom is -0.294 e. The molecule has 0 fully saturated rings. The number of Topliss-reactive ketones (excluding diaryl/α,β-unsaturated/α-hetero) is 1. The van der Waals surface area contributed by atoms with Crippen molar-refractivity contribution in [2.24, 2.45) is 11.8 Å². The molecule has 0 amide bonds. The molecular formula is C14H18O. The fourth-order valence-electron chi connectivity index (χ4n) is 2.34. The first-order valence-corrected chi connectivity index (χ1v) is 5.74. The Hall–Kier alpha value is -1.11. The van der Waals surface area contributed by atoms with Gasteiger partial charge in [0.1, 0.15) is 0 Å². The van der Waals surface area contributed by atoms with Gasteiger partial charge in [-0.15, -0.1) is 0 Å². The van der Waals surface area contributed by atoms with Crippen LogP contribution in [0.2, 0.25) is 0 Å². The van der Waals surface area contributed by atoms with Crippen LogP contribution in [0.1, 0.15) is 42.3 Å². The van der Waals surface area contributed by atoms with E-state index in [4.69, 9.17) is 0 Å². The standard InChI is InChI=1S/C14H18O/c1-9(2)6-11-4-5-13-12(8-11)7-10(3)14(13)15/h4-5,8-10H,6-7H2,1-3H3. The summed E-state index contributed by atoms with van der Waals surface area (Å²) in [5, 5.41) is 0. The third kappa shape index (κ3) is 1.97. The largest absolute Gasteiger partial charge is 0.294 e. The predicted octanol–water partition coefficient (Wildman–Crippen LogP) is 3.26. The monoisotopic (exact) mass is 202 g/mol. The van der Waals surface area contributed by atoms with Gasteiger partial charge in [0.25, 0.3) is 0 Å². The molecule has 15 heavy (non-hydrogen) atoms. The van der Waals surface area contributed by atoms with Crippen LogP contribution in [0.3, 0.4) is 0 Å². The van der Waals surface area contributed by atoms with E-state index < -0.39 is 0 Å². The Labute approximate surface area is 91.5 Å². The van der Waals surface area contributed by atoms with Gasteiger partial charge in [-0.25, -0.2) is 0 Å². The molecule has 1 unspecified atom stereocenters. The lowest BCUT2D eigenvalue weighted by Crippen LogP contribution is -2.02. The van der Waals surface area contributed by atoms with E-state index in [9.17, 15) is 4.79 Å². The molecule has 0 aromatic heterocycles. The molecule has 0 bridgehead atoms. The van der Waals surface area contributed by atoms with Crippen LogP contribution in [-0.2, 0) is 12.8 Å². The molecule has 0 spiro atoms. The zero-order valence-electron chi connectivity index (χ0n) is 9.71. The van der Waals surface area contributed by atoms with E-state index in [1.165, 1.54) is 11.1 Å². The van der Waals surface area contributed by atoms with Gasteiger partial charge in [-0.05, 0) is 29.9 Å². The fraction of sp³-hybridized carbons (Fsp3) is 0.500. The Morgan fingerprint density at radius 2 is 2.13 bits per heavy atom. The lowest BCUT2D eigenvalue weighted by molar-refractivity contribution is 0.0946. The predicted molar refractivity (Wildman–Crippen MR) is 62.2 cm³/mol. The van der Waals surface area contributed by atoms with E-state index in [0.29, 0.717) is 11.7 Å². The summed E-state index contributed by atoms with van der Waals surface area (Å²) in [5.41, 5.74) is 3.58. The molecule has 1 heteroatoms. The number of fused-ring (bicyclic) bond motifs is 1. The van der Waals surface area contributed by atoms with E-state index in [0.717, 1.165) is 18.4 Å². The first-order valence-electron chi connectivity index (χ1n) is 5.74. The van der Waals surface area contributed by atoms with Gasteiger partial charge in [0.05, 0.1) is 0 Å². The Morgan fingerprint density at radius 1 is 1.40 bits per heavy atom. The highest BCUT2D eigenvalue weighted by Gasteiger charge is 2.26. The quantitative estimate of drug-likeness (QED) is 0.719. The van der Waals surface area contributed by atoms with Crippen LogP contribution >= 0.6 is 0 Å². The first-order chi connectivity index (χ1) is 7.08. The number of ketones is 1. The summed E-state index contributed by atoms with van der Waals surface area (Å²) in [5.74, 6) is 1.19. The molecular weight excluding hydrogens is 184 g/mol. The molecule has 0 saturated carbocycles. The van der Waals surface area contributed by atoms with Crippen LogP contribution in [0.5, 0.6) is 0 Å². The molecule has 1 aliphatic carbocycles. The summed E-state index contributed by atoms with van der Waals surface area (Å²) >= 11 is 0. The molecule has 80 valence electrons. The van der Waals surface area contributed by atoms with Gasteiger partial charge in [-0.1, -0.05) is 39.0 Å². The van der Waals surface area contributed by atoms with E-state index >= 15 is 0 Å². The number of carbonyl (C=O) groups excluding carboxylic acids is 1. The summed E-state index contributed by atoms with van der Waals surface area (Å²) in [7, 11) is 0. The van der Waals surface area contributed by atoms with Gasteiger partial charge in [0.15, 0.2) is 5.78 Å². The third-order valence-electron chi connectivity index (χ3n) is 3.05. The molecule has 1 nitrogen and oxygen atoms in total. The molecule has 1 aromatic rings. The summed E-state index contributed by atoms with van der Waals surface area (Å²) in [4.78, 5) is 11.7. The van der Waals surface area contributed by atoms with E-state index in [1.54, 1.807) is 0 Å². The highest BCUT2D eigenvalue weighted by Crippen LogP contribution is 2.27. The minimum absolute atomic E-state index is 0.189. The highest BCUT2D eigenvalue weighted by atomic mass is 16.1. The smallest absolute Gasteiger partial charge is 0.166 e. The van der Waals surface area contributed by atoms with Crippen molar-refractivity contribution < 1.29 is 4.79 Å². The minimum atomic E-state index is 0.189. The molecule has 0 aliphatic heterocycles. The Morgan fingerprint density at radius 3 is 2.80 bits per heavy atom. The number of rotatable bonds is 2. The second kappa shape index (κ2) is 3.80. The average molecular weight is 202 g/mol. The van der Waals surface area contributed by atoms with E-state index in [2.05, 4.69) is 26.0 Å². The second-order valence-electron chi connectivity index (χ2n) is 5.06. The average Bonchev–Trinajstić information content (AvgIpc) is 2.41. The second-order valence-corrected chi connectivity index (χ2v) is 5.06. The lowest BCUT2D eigenvalue weighted by Gasteiger charge is -2.06. The lowest BCUT2D eigenvalue weighted by atomic mass is 9.99. The summed E-state index contributed by atoms with van der Waals surface area (Å²) < 4.78 is 0. The van der Waals surface area contributed by atoms with Gasteiger partial charge in [0, 0.05) is 11.5 Å². The van der Waals surface area contributed by atoms with Crippen molar-refractivity contribution in [2.75, 3.05) is 0 Å². The van der Waals surface area contributed by atoms with Gasteiger partial charge in [0.2, 0.25) is 0 Å².